The fourth-order valence-electron chi connectivity index (χ4n) is 5.24. The predicted octanol–water partition coefficient (Wildman–Crippen LogP) is 4.00. The van der Waals surface area contributed by atoms with Crippen LogP contribution < -0.4 is 9.62 Å². The van der Waals surface area contributed by atoms with Crippen molar-refractivity contribution in [2.24, 2.45) is 0 Å². The van der Waals surface area contributed by atoms with Crippen LogP contribution in [0, 0.1) is 0 Å². The number of piperidine rings is 1. The molecule has 3 aromatic rings. The molecule has 0 radical (unpaired) electrons. The summed E-state index contributed by atoms with van der Waals surface area (Å²) < 4.78 is 28.2. The maximum absolute atomic E-state index is 12.6. The first kappa shape index (κ1) is 20.2. The molecule has 0 saturated carbocycles. The molecule has 2 aliphatic heterocycles. The van der Waals surface area contributed by atoms with E-state index in [0.29, 0.717) is 0 Å². The zero-order chi connectivity index (χ0) is 21.6. The van der Waals surface area contributed by atoms with Crippen LogP contribution in [0.25, 0.3) is 11.3 Å². The number of fused-ring (bicyclic) bond motifs is 5. The van der Waals surface area contributed by atoms with Crippen molar-refractivity contribution in [1.82, 2.24) is 14.7 Å². The minimum Gasteiger partial charge on any atom is -0.348 e. The molecule has 2 unspecified atom stereocenters. The van der Waals surface area contributed by atoms with Crippen molar-refractivity contribution in [3.8, 4) is 11.3 Å². The van der Waals surface area contributed by atoms with Gasteiger partial charge >= 0.3 is 0 Å². The minimum atomic E-state index is -3.44. The number of hydrogen-bond acceptors (Lipinski definition) is 5. The summed E-state index contributed by atoms with van der Waals surface area (Å²) >= 11 is 0. The third-order valence-corrected chi connectivity index (χ3v) is 7.23. The zero-order valence-corrected chi connectivity index (χ0v) is 18.6. The topological polar surface area (TPSA) is 75.2 Å². The van der Waals surface area contributed by atoms with E-state index in [-0.39, 0.29) is 5.92 Å². The van der Waals surface area contributed by atoms with Gasteiger partial charge in [-0.25, -0.2) is 18.4 Å². The number of nitrogens with zero attached hydrogens (tertiary/aromatic N) is 3. The molecule has 31 heavy (non-hydrogen) atoms. The summed E-state index contributed by atoms with van der Waals surface area (Å²) in [5, 5.41) is 0. The zero-order valence-electron chi connectivity index (χ0n) is 17.7. The van der Waals surface area contributed by atoms with Crippen molar-refractivity contribution in [3.05, 3.63) is 77.7 Å². The fraction of sp³-hybridized carbons (Fsp3) is 0.333. The fourth-order valence-corrected chi connectivity index (χ4v) is 6.17. The molecule has 2 atom stereocenters. The van der Waals surface area contributed by atoms with Crippen molar-refractivity contribution in [1.29, 1.82) is 0 Å². The number of anilines is 1. The molecule has 1 saturated heterocycles. The van der Waals surface area contributed by atoms with Crippen molar-refractivity contribution in [3.63, 3.8) is 0 Å². The van der Waals surface area contributed by atoms with E-state index in [1.54, 1.807) is 12.5 Å². The second-order valence-electron chi connectivity index (χ2n) is 8.52. The van der Waals surface area contributed by atoms with Crippen molar-refractivity contribution in [2.45, 2.75) is 37.8 Å². The molecule has 7 heteroatoms. The van der Waals surface area contributed by atoms with Gasteiger partial charge < -0.3 is 4.90 Å². The summed E-state index contributed by atoms with van der Waals surface area (Å²) in [6, 6.07) is 16.6. The van der Waals surface area contributed by atoms with E-state index in [1.165, 1.54) is 11.8 Å². The molecule has 5 rings (SSSR count). The van der Waals surface area contributed by atoms with Crippen LogP contribution in [0.5, 0.6) is 0 Å². The van der Waals surface area contributed by atoms with E-state index >= 15 is 0 Å². The van der Waals surface area contributed by atoms with E-state index in [1.807, 2.05) is 18.2 Å². The van der Waals surface area contributed by atoms with Crippen LogP contribution in [0.3, 0.4) is 0 Å². The summed E-state index contributed by atoms with van der Waals surface area (Å²) in [6.45, 7) is 3.00. The molecule has 0 spiro atoms. The summed E-state index contributed by atoms with van der Waals surface area (Å²) in [5.74, 6) is 0.108. The monoisotopic (exact) mass is 434 g/mol. The maximum Gasteiger partial charge on any atom is 0.210 e. The first-order valence-electron chi connectivity index (χ1n) is 10.7. The lowest BCUT2D eigenvalue weighted by molar-refractivity contribution is 0.293. The number of sulfonamides is 1. The van der Waals surface area contributed by atoms with Crippen LogP contribution in [-0.4, -0.2) is 31.2 Å². The van der Waals surface area contributed by atoms with Crippen LogP contribution in [0.4, 0.5) is 5.69 Å². The predicted molar refractivity (Wildman–Crippen MR) is 122 cm³/mol. The quantitative estimate of drug-likeness (QED) is 0.674. The molecular weight excluding hydrogens is 408 g/mol. The smallest absolute Gasteiger partial charge is 0.210 e. The molecule has 3 heterocycles. The summed E-state index contributed by atoms with van der Waals surface area (Å²) in [5.41, 5.74) is 5.60. The van der Waals surface area contributed by atoms with Crippen molar-refractivity contribution >= 4 is 15.7 Å². The lowest BCUT2D eigenvalue weighted by atomic mass is 9.83. The number of nitrogens with one attached hydrogen (secondary N) is 1. The van der Waals surface area contributed by atoms with Gasteiger partial charge in [0.25, 0.3) is 0 Å². The highest BCUT2D eigenvalue weighted by atomic mass is 32.2. The lowest BCUT2D eigenvalue weighted by Gasteiger charge is -2.48. The Morgan fingerprint density at radius 2 is 1.94 bits per heavy atom. The third-order valence-electron chi connectivity index (χ3n) is 6.52. The molecular formula is C24H26N4O2S. The van der Waals surface area contributed by atoms with Gasteiger partial charge in [0.2, 0.25) is 10.0 Å². The van der Waals surface area contributed by atoms with Gasteiger partial charge in [0.05, 0.1) is 11.9 Å². The Morgan fingerprint density at radius 3 is 2.71 bits per heavy atom. The highest BCUT2D eigenvalue weighted by molar-refractivity contribution is 7.88. The van der Waals surface area contributed by atoms with E-state index < -0.39 is 15.7 Å². The van der Waals surface area contributed by atoms with Crippen LogP contribution in [0.1, 0.15) is 48.8 Å². The molecule has 2 aromatic carbocycles. The first-order chi connectivity index (χ1) is 14.9. The summed E-state index contributed by atoms with van der Waals surface area (Å²) in [6.07, 6.45) is 7.29. The van der Waals surface area contributed by atoms with Crippen LogP contribution in [0.2, 0.25) is 0 Å². The molecule has 1 fully saturated rings. The minimum absolute atomic E-state index is 0.108. The number of rotatable bonds is 3. The molecule has 0 aliphatic carbocycles. The van der Waals surface area contributed by atoms with E-state index in [9.17, 15) is 8.42 Å². The highest BCUT2D eigenvalue weighted by Crippen LogP contribution is 2.49. The number of benzene rings is 2. The van der Waals surface area contributed by atoms with Gasteiger partial charge in [-0.05, 0) is 54.2 Å². The molecule has 2 aliphatic rings. The number of aromatic nitrogens is 2. The van der Waals surface area contributed by atoms with E-state index in [2.05, 4.69) is 56.8 Å². The Hall–Kier alpha value is -2.77. The molecule has 160 valence electrons. The van der Waals surface area contributed by atoms with Gasteiger partial charge in [0, 0.05) is 29.9 Å². The Kier molecular flexibility index (Phi) is 4.83. The normalized spacial score (nSPS) is 22.8. The Balaban J connectivity index is 1.78. The highest BCUT2D eigenvalue weighted by Gasteiger charge is 2.47. The largest absolute Gasteiger partial charge is 0.348 e. The van der Waals surface area contributed by atoms with E-state index in [0.717, 1.165) is 53.9 Å². The van der Waals surface area contributed by atoms with Crippen LogP contribution in [-0.2, 0) is 15.7 Å². The average molecular weight is 435 g/mol. The first-order valence-corrected chi connectivity index (χ1v) is 12.5. The molecule has 1 N–H and O–H groups in total. The molecule has 0 amide bonds. The lowest BCUT2D eigenvalue weighted by Crippen LogP contribution is -2.60. The Labute approximate surface area is 183 Å². The SMILES string of the molecule is CC1c2cc(-c3ccncn3)ccc2N2CCCCC2(NS(C)(=O)=O)c2ccccc21. The van der Waals surface area contributed by atoms with Crippen LogP contribution >= 0.6 is 0 Å². The standard InChI is InChI=1S/C24H26N4O2S/c1-17-19-7-3-4-8-21(19)24(27-31(2,29)30)12-5-6-14-28(24)23-10-9-18(15-20(17)23)22-11-13-25-16-26-22/h3-4,7-11,13,15-17,27H,5-6,12,14H2,1-2H3. The van der Waals surface area contributed by atoms with Gasteiger partial charge in [-0.1, -0.05) is 37.3 Å². The van der Waals surface area contributed by atoms with Gasteiger partial charge in [-0.2, -0.15) is 4.72 Å². The van der Waals surface area contributed by atoms with Crippen LogP contribution in [0.15, 0.2) is 61.1 Å². The Morgan fingerprint density at radius 1 is 1.10 bits per heavy atom. The van der Waals surface area contributed by atoms with Gasteiger partial charge in [0.1, 0.15) is 12.0 Å². The summed E-state index contributed by atoms with van der Waals surface area (Å²) in [4.78, 5) is 10.7. The van der Waals surface area contributed by atoms with Crippen molar-refractivity contribution < 1.29 is 8.42 Å². The number of hydrogen-bond donors (Lipinski definition) is 1. The van der Waals surface area contributed by atoms with Gasteiger partial charge in [-0.3, -0.25) is 0 Å². The second kappa shape index (κ2) is 7.43. The molecule has 1 aromatic heterocycles. The van der Waals surface area contributed by atoms with Crippen molar-refractivity contribution in [2.75, 3.05) is 17.7 Å². The maximum atomic E-state index is 12.6. The second-order valence-corrected chi connectivity index (χ2v) is 10.3. The average Bonchev–Trinajstić information content (AvgIpc) is 2.86. The molecule has 6 nitrogen and oxygen atoms in total. The van der Waals surface area contributed by atoms with Gasteiger partial charge in [0.15, 0.2) is 0 Å². The summed E-state index contributed by atoms with van der Waals surface area (Å²) in [7, 11) is -3.44. The molecule has 0 bridgehead atoms. The van der Waals surface area contributed by atoms with E-state index in [4.69, 9.17) is 0 Å². The Bertz CT molecular complexity index is 1230. The van der Waals surface area contributed by atoms with Gasteiger partial charge in [-0.15, -0.1) is 0 Å². The third kappa shape index (κ3) is 3.42.